The van der Waals surface area contributed by atoms with E-state index in [4.69, 9.17) is 4.74 Å². The minimum Gasteiger partial charge on any atom is -0.497 e. The molecule has 2 rings (SSSR count). The summed E-state index contributed by atoms with van der Waals surface area (Å²) in [4.78, 5) is 0. The SMILES string of the molecule is COc1ccc(CCCCC(C)CCc2ccccc2)cc1. The van der Waals surface area contributed by atoms with Gasteiger partial charge in [0.15, 0.2) is 0 Å². The van der Waals surface area contributed by atoms with Crippen molar-refractivity contribution in [2.24, 2.45) is 5.92 Å². The predicted molar refractivity (Wildman–Crippen MR) is 94.5 cm³/mol. The molecule has 0 spiro atoms. The van der Waals surface area contributed by atoms with Crippen molar-refractivity contribution >= 4 is 0 Å². The summed E-state index contributed by atoms with van der Waals surface area (Å²) in [5.74, 6) is 1.76. The van der Waals surface area contributed by atoms with E-state index in [2.05, 4.69) is 61.5 Å². The maximum absolute atomic E-state index is 5.19. The molecule has 0 aliphatic rings. The molecule has 0 aliphatic carbocycles. The van der Waals surface area contributed by atoms with Crippen molar-refractivity contribution in [3.8, 4) is 5.75 Å². The Morgan fingerprint density at radius 3 is 2.14 bits per heavy atom. The van der Waals surface area contributed by atoms with Gasteiger partial charge in [0.1, 0.15) is 5.75 Å². The van der Waals surface area contributed by atoms with Gasteiger partial charge in [-0.15, -0.1) is 0 Å². The van der Waals surface area contributed by atoms with E-state index < -0.39 is 0 Å². The molecule has 0 saturated carbocycles. The van der Waals surface area contributed by atoms with Gasteiger partial charge >= 0.3 is 0 Å². The average molecular weight is 296 g/mol. The highest BCUT2D eigenvalue weighted by atomic mass is 16.5. The first-order valence-corrected chi connectivity index (χ1v) is 8.45. The van der Waals surface area contributed by atoms with Crippen molar-refractivity contribution in [1.82, 2.24) is 0 Å². The van der Waals surface area contributed by atoms with Gasteiger partial charge in [0.25, 0.3) is 0 Å². The van der Waals surface area contributed by atoms with Crippen LogP contribution < -0.4 is 4.74 Å². The van der Waals surface area contributed by atoms with E-state index in [9.17, 15) is 0 Å². The smallest absolute Gasteiger partial charge is 0.118 e. The first-order valence-electron chi connectivity index (χ1n) is 8.45. The van der Waals surface area contributed by atoms with Crippen molar-refractivity contribution in [3.63, 3.8) is 0 Å². The summed E-state index contributed by atoms with van der Waals surface area (Å²) in [6, 6.07) is 19.3. The predicted octanol–water partition coefficient (Wildman–Crippen LogP) is 5.68. The van der Waals surface area contributed by atoms with Gasteiger partial charge in [-0.2, -0.15) is 0 Å². The Morgan fingerprint density at radius 2 is 1.45 bits per heavy atom. The molecule has 0 aromatic heterocycles. The van der Waals surface area contributed by atoms with Gasteiger partial charge in [-0.3, -0.25) is 0 Å². The molecule has 22 heavy (non-hydrogen) atoms. The summed E-state index contributed by atoms with van der Waals surface area (Å²) in [5.41, 5.74) is 2.88. The molecule has 2 aromatic carbocycles. The minimum absolute atomic E-state index is 0.816. The maximum atomic E-state index is 5.19. The standard InChI is InChI=1S/C21H28O/c1-18(12-13-19-9-4-3-5-10-19)8-6-7-11-20-14-16-21(22-2)17-15-20/h3-5,9-10,14-18H,6-8,11-13H2,1-2H3. The number of rotatable bonds is 9. The molecule has 2 aromatic rings. The number of aryl methyl sites for hydroxylation is 2. The van der Waals surface area contributed by atoms with Crippen LogP contribution in [0.2, 0.25) is 0 Å². The zero-order valence-corrected chi connectivity index (χ0v) is 13.9. The first kappa shape index (κ1) is 16.6. The third kappa shape index (κ3) is 5.93. The highest BCUT2D eigenvalue weighted by Gasteiger charge is 2.03. The Labute approximate surface area is 135 Å². The lowest BCUT2D eigenvalue weighted by Gasteiger charge is -2.11. The molecular weight excluding hydrogens is 268 g/mol. The zero-order valence-electron chi connectivity index (χ0n) is 13.9. The number of unbranched alkanes of at least 4 members (excludes halogenated alkanes) is 1. The van der Waals surface area contributed by atoms with Crippen molar-refractivity contribution in [2.45, 2.75) is 45.4 Å². The second kappa shape index (κ2) is 9.30. The van der Waals surface area contributed by atoms with Crippen LogP contribution in [0.1, 0.15) is 43.7 Å². The third-order valence-electron chi connectivity index (χ3n) is 4.34. The van der Waals surface area contributed by atoms with Crippen molar-refractivity contribution < 1.29 is 4.74 Å². The van der Waals surface area contributed by atoms with Gasteiger partial charge < -0.3 is 4.74 Å². The van der Waals surface area contributed by atoms with E-state index in [1.807, 2.05) is 0 Å². The van der Waals surface area contributed by atoms with E-state index in [1.54, 1.807) is 7.11 Å². The monoisotopic (exact) mass is 296 g/mol. The van der Waals surface area contributed by atoms with Gasteiger partial charge in [0, 0.05) is 0 Å². The topological polar surface area (TPSA) is 9.23 Å². The van der Waals surface area contributed by atoms with Crippen molar-refractivity contribution in [3.05, 3.63) is 65.7 Å². The normalized spacial score (nSPS) is 12.1. The second-order valence-corrected chi connectivity index (χ2v) is 6.22. The first-order chi connectivity index (χ1) is 10.8. The van der Waals surface area contributed by atoms with Crippen LogP contribution in [0.3, 0.4) is 0 Å². The van der Waals surface area contributed by atoms with E-state index in [-0.39, 0.29) is 0 Å². The Bertz CT molecular complexity index is 515. The molecule has 0 bridgehead atoms. The molecular formula is C21H28O. The van der Waals surface area contributed by atoms with Gasteiger partial charge in [0.2, 0.25) is 0 Å². The Hall–Kier alpha value is -1.76. The van der Waals surface area contributed by atoms with Crippen LogP contribution in [0, 0.1) is 5.92 Å². The Balaban J connectivity index is 1.59. The van der Waals surface area contributed by atoms with Crippen molar-refractivity contribution in [2.75, 3.05) is 7.11 Å². The van der Waals surface area contributed by atoms with E-state index in [0.717, 1.165) is 11.7 Å². The lowest BCUT2D eigenvalue weighted by molar-refractivity contribution is 0.414. The van der Waals surface area contributed by atoms with Crippen LogP contribution >= 0.6 is 0 Å². The van der Waals surface area contributed by atoms with E-state index >= 15 is 0 Å². The largest absolute Gasteiger partial charge is 0.497 e. The summed E-state index contributed by atoms with van der Waals surface area (Å²) < 4.78 is 5.19. The second-order valence-electron chi connectivity index (χ2n) is 6.22. The number of benzene rings is 2. The van der Waals surface area contributed by atoms with Gasteiger partial charge in [-0.25, -0.2) is 0 Å². The molecule has 0 aliphatic heterocycles. The molecule has 0 amide bonds. The zero-order chi connectivity index (χ0) is 15.6. The number of methoxy groups -OCH3 is 1. The lowest BCUT2D eigenvalue weighted by Crippen LogP contribution is -1.98. The van der Waals surface area contributed by atoms with E-state index in [1.165, 1.54) is 49.7 Å². The fourth-order valence-corrected chi connectivity index (χ4v) is 2.82. The minimum atomic E-state index is 0.816. The number of ether oxygens (including phenoxy) is 1. The molecule has 0 radical (unpaired) electrons. The van der Waals surface area contributed by atoms with E-state index in [0.29, 0.717) is 0 Å². The maximum Gasteiger partial charge on any atom is 0.118 e. The fraction of sp³-hybridized carbons (Fsp3) is 0.429. The molecule has 1 atom stereocenters. The highest BCUT2D eigenvalue weighted by molar-refractivity contribution is 5.27. The van der Waals surface area contributed by atoms with Crippen LogP contribution in [0.5, 0.6) is 5.75 Å². The van der Waals surface area contributed by atoms with Crippen LogP contribution in [-0.2, 0) is 12.8 Å². The molecule has 0 saturated heterocycles. The summed E-state index contributed by atoms with van der Waals surface area (Å²) in [5, 5.41) is 0. The summed E-state index contributed by atoms with van der Waals surface area (Å²) in [6.07, 6.45) is 7.62. The summed E-state index contributed by atoms with van der Waals surface area (Å²) >= 11 is 0. The molecule has 0 heterocycles. The van der Waals surface area contributed by atoms with Crippen LogP contribution in [0.15, 0.2) is 54.6 Å². The Kier molecular flexibility index (Phi) is 7.02. The van der Waals surface area contributed by atoms with Crippen LogP contribution in [-0.4, -0.2) is 7.11 Å². The van der Waals surface area contributed by atoms with Gasteiger partial charge in [-0.1, -0.05) is 62.2 Å². The third-order valence-corrected chi connectivity index (χ3v) is 4.34. The summed E-state index contributed by atoms with van der Waals surface area (Å²) in [7, 11) is 1.71. The summed E-state index contributed by atoms with van der Waals surface area (Å²) in [6.45, 7) is 2.39. The number of hydrogen-bond acceptors (Lipinski definition) is 1. The van der Waals surface area contributed by atoms with Crippen LogP contribution in [0.4, 0.5) is 0 Å². The van der Waals surface area contributed by atoms with Gasteiger partial charge in [-0.05, 0) is 54.9 Å². The molecule has 1 heteroatoms. The molecule has 1 unspecified atom stereocenters. The quantitative estimate of drug-likeness (QED) is 0.541. The molecule has 1 nitrogen and oxygen atoms in total. The van der Waals surface area contributed by atoms with Crippen LogP contribution in [0.25, 0.3) is 0 Å². The molecule has 118 valence electrons. The lowest BCUT2D eigenvalue weighted by atomic mass is 9.95. The van der Waals surface area contributed by atoms with Crippen molar-refractivity contribution in [1.29, 1.82) is 0 Å². The number of hydrogen-bond donors (Lipinski definition) is 0. The van der Waals surface area contributed by atoms with Gasteiger partial charge in [0.05, 0.1) is 7.11 Å². The molecule has 0 N–H and O–H groups in total. The highest BCUT2D eigenvalue weighted by Crippen LogP contribution is 2.18. The Morgan fingerprint density at radius 1 is 0.773 bits per heavy atom. The molecule has 0 fully saturated rings. The average Bonchev–Trinajstić information content (AvgIpc) is 2.58. The fourth-order valence-electron chi connectivity index (χ4n) is 2.82.